The molecule has 0 radical (unpaired) electrons. The molecule has 1 aliphatic rings. The van der Waals surface area contributed by atoms with Crippen LogP contribution in [0.1, 0.15) is 17.1 Å². The van der Waals surface area contributed by atoms with Gasteiger partial charge in [0.05, 0.1) is 12.1 Å². The van der Waals surface area contributed by atoms with Gasteiger partial charge in [0, 0.05) is 43.5 Å². The minimum Gasteiger partial charge on any atom is -0.441 e. The molecule has 0 spiro atoms. The summed E-state index contributed by atoms with van der Waals surface area (Å²) in [6.07, 6.45) is 1.75. The van der Waals surface area contributed by atoms with Crippen molar-refractivity contribution in [3.05, 3.63) is 59.9 Å². The van der Waals surface area contributed by atoms with E-state index >= 15 is 0 Å². The molecule has 4 aromatic rings. The first-order valence-corrected chi connectivity index (χ1v) is 10.3. The lowest BCUT2D eigenvalue weighted by Gasteiger charge is -2.36. The number of rotatable bonds is 4. The molecule has 5 rings (SSSR count). The summed E-state index contributed by atoms with van der Waals surface area (Å²) < 4.78 is 7.54. The van der Waals surface area contributed by atoms with Gasteiger partial charge in [0.15, 0.2) is 0 Å². The van der Waals surface area contributed by atoms with E-state index < -0.39 is 0 Å². The van der Waals surface area contributed by atoms with Crippen molar-refractivity contribution in [1.82, 2.24) is 29.5 Å². The van der Waals surface area contributed by atoms with Crippen LogP contribution in [0, 0.1) is 13.8 Å². The zero-order valence-electron chi connectivity index (χ0n) is 17.5. The average molecular weight is 417 g/mol. The molecule has 0 atom stereocenters. The Hall–Kier alpha value is -3.75. The van der Waals surface area contributed by atoms with Crippen molar-refractivity contribution in [1.29, 1.82) is 0 Å². The topological polar surface area (TPSA) is 92.7 Å². The first-order chi connectivity index (χ1) is 15.1. The summed E-state index contributed by atoms with van der Waals surface area (Å²) in [5.74, 6) is 2.84. The number of anilines is 1. The summed E-state index contributed by atoms with van der Waals surface area (Å²) in [6.45, 7) is 6.52. The van der Waals surface area contributed by atoms with Crippen LogP contribution in [0.3, 0.4) is 0 Å². The Bertz CT molecular complexity index is 1220. The average Bonchev–Trinajstić information content (AvgIpc) is 3.40. The predicted octanol–water partition coefficient (Wildman–Crippen LogP) is 2.29. The predicted molar refractivity (Wildman–Crippen MR) is 115 cm³/mol. The van der Waals surface area contributed by atoms with E-state index in [1.807, 2.05) is 55.1 Å². The molecule has 1 fully saturated rings. The second kappa shape index (κ2) is 7.82. The monoisotopic (exact) mass is 417 g/mol. The number of piperazine rings is 1. The van der Waals surface area contributed by atoms with Crippen LogP contribution in [-0.2, 0) is 11.2 Å². The fourth-order valence-electron chi connectivity index (χ4n) is 3.87. The summed E-state index contributed by atoms with van der Waals surface area (Å²) in [5, 5.41) is 4.28. The summed E-state index contributed by atoms with van der Waals surface area (Å²) in [5.41, 5.74) is 2.50. The van der Waals surface area contributed by atoms with E-state index in [-0.39, 0.29) is 12.3 Å². The second-order valence-corrected chi connectivity index (χ2v) is 7.66. The third-order valence-corrected chi connectivity index (χ3v) is 5.55. The summed E-state index contributed by atoms with van der Waals surface area (Å²) in [6, 6.07) is 11.7. The van der Waals surface area contributed by atoms with Gasteiger partial charge in [-0.05, 0) is 26.0 Å². The van der Waals surface area contributed by atoms with Gasteiger partial charge in [-0.15, -0.1) is 0 Å². The number of hydrogen-bond acceptors (Lipinski definition) is 7. The molecule has 0 unspecified atom stereocenters. The molecule has 1 aromatic carbocycles. The molecule has 0 saturated carbocycles. The molecule has 0 bridgehead atoms. The lowest BCUT2D eigenvalue weighted by molar-refractivity contribution is -0.130. The van der Waals surface area contributed by atoms with Gasteiger partial charge in [-0.2, -0.15) is 14.6 Å². The molecular weight excluding hydrogens is 394 g/mol. The Balaban J connectivity index is 1.26. The molecule has 158 valence electrons. The van der Waals surface area contributed by atoms with Gasteiger partial charge in [-0.1, -0.05) is 18.2 Å². The largest absolute Gasteiger partial charge is 0.441 e. The molecule has 4 heterocycles. The van der Waals surface area contributed by atoms with E-state index in [0.717, 1.165) is 30.2 Å². The van der Waals surface area contributed by atoms with Gasteiger partial charge < -0.3 is 14.2 Å². The maximum Gasteiger partial charge on any atom is 0.254 e. The second-order valence-electron chi connectivity index (χ2n) is 7.66. The maximum absolute atomic E-state index is 12.9. The smallest absolute Gasteiger partial charge is 0.254 e. The number of nitrogens with zero attached hydrogens (tertiary/aromatic N) is 7. The number of fused-ring (bicyclic) bond motifs is 1. The van der Waals surface area contributed by atoms with Gasteiger partial charge in [0.25, 0.3) is 5.78 Å². The van der Waals surface area contributed by atoms with E-state index in [2.05, 4.69) is 25.0 Å². The Morgan fingerprint density at radius 2 is 1.84 bits per heavy atom. The Labute approximate surface area is 179 Å². The molecule has 9 nitrogen and oxygen atoms in total. The van der Waals surface area contributed by atoms with Gasteiger partial charge in [-0.25, -0.2) is 9.97 Å². The fraction of sp³-hybridized carbons (Fsp3) is 0.318. The molecule has 1 amide bonds. The van der Waals surface area contributed by atoms with Crippen LogP contribution in [0.25, 0.3) is 17.2 Å². The van der Waals surface area contributed by atoms with Crippen molar-refractivity contribution < 1.29 is 9.21 Å². The van der Waals surface area contributed by atoms with Gasteiger partial charge in [-0.3, -0.25) is 4.79 Å². The van der Waals surface area contributed by atoms with Crippen molar-refractivity contribution in [3.8, 4) is 11.5 Å². The van der Waals surface area contributed by atoms with E-state index in [9.17, 15) is 4.79 Å². The van der Waals surface area contributed by atoms with Crippen LogP contribution < -0.4 is 4.90 Å². The van der Waals surface area contributed by atoms with E-state index in [4.69, 9.17) is 4.42 Å². The highest BCUT2D eigenvalue weighted by molar-refractivity contribution is 5.79. The molecule has 1 saturated heterocycles. The van der Waals surface area contributed by atoms with Crippen LogP contribution in [-0.4, -0.2) is 61.6 Å². The highest BCUT2D eigenvalue weighted by atomic mass is 16.4. The zero-order chi connectivity index (χ0) is 21.4. The Morgan fingerprint density at radius 3 is 2.61 bits per heavy atom. The van der Waals surface area contributed by atoms with E-state index in [1.54, 1.807) is 4.52 Å². The van der Waals surface area contributed by atoms with Crippen molar-refractivity contribution in [2.75, 3.05) is 31.1 Å². The highest BCUT2D eigenvalue weighted by Crippen LogP contribution is 2.23. The molecular formula is C22H23N7O2. The number of benzene rings is 1. The standard InChI is InChI=1S/C22H23N7O2/c1-15-12-19(29-22(25-15)23-14-24-29)27-8-10-28(11-9-27)20(30)13-18-16(2)31-21(26-18)17-6-4-3-5-7-17/h3-7,12,14H,8-11,13H2,1-2H3. The first kappa shape index (κ1) is 19.2. The van der Waals surface area contributed by atoms with E-state index in [1.165, 1.54) is 6.33 Å². The SMILES string of the molecule is Cc1cc(N2CCN(C(=O)Cc3nc(-c4ccccc4)oc3C)CC2)n2ncnc2n1. The molecule has 0 N–H and O–H groups in total. The number of aromatic nitrogens is 5. The van der Waals surface area contributed by atoms with Crippen LogP contribution >= 0.6 is 0 Å². The Kier molecular flexibility index (Phi) is 4.85. The highest BCUT2D eigenvalue weighted by Gasteiger charge is 2.25. The van der Waals surface area contributed by atoms with Crippen LogP contribution in [0.4, 0.5) is 5.82 Å². The van der Waals surface area contributed by atoms with Crippen molar-refractivity contribution in [2.24, 2.45) is 0 Å². The quantitative estimate of drug-likeness (QED) is 0.503. The van der Waals surface area contributed by atoms with Gasteiger partial charge in [0.2, 0.25) is 11.8 Å². The number of aryl methyl sites for hydroxylation is 2. The van der Waals surface area contributed by atoms with Crippen LogP contribution in [0.15, 0.2) is 47.1 Å². The van der Waals surface area contributed by atoms with Crippen LogP contribution in [0.5, 0.6) is 0 Å². The van der Waals surface area contributed by atoms with Crippen molar-refractivity contribution in [2.45, 2.75) is 20.3 Å². The summed E-state index contributed by atoms with van der Waals surface area (Å²) in [7, 11) is 0. The van der Waals surface area contributed by atoms with Crippen LogP contribution in [0.2, 0.25) is 0 Å². The fourth-order valence-corrected chi connectivity index (χ4v) is 3.87. The zero-order valence-corrected chi connectivity index (χ0v) is 17.5. The van der Waals surface area contributed by atoms with Crippen molar-refractivity contribution in [3.63, 3.8) is 0 Å². The third kappa shape index (κ3) is 3.74. The number of amides is 1. The maximum atomic E-state index is 12.9. The molecule has 1 aliphatic heterocycles. The summed E-state index contributed by atoms with van der Waals surface area (Å²) in [4.78, 5) is 30.2. The van der Waals surface area contributed by atoms with Crippen molar-refractivity contribution >= 4 is 17.5 Å². The number of carbonyl (C=O) groups is 1. The number of carbonyl (C=O) groups excluding carboxylic acids is 1. The molecule has 9 heteroatoms. The Morgan fingerprint density at radius 1 is 1.06 bits per heavy atom. The molecule has 3 aromatic heterocycles. The first-order valence-electron chi connectivity index (χ1n) is 10.3. The summed E-state index contributed by atoms with van der Waals surface area (Å²) >= 11 is 0. The number of oxazole rings is 1. The lowest BCUT2D eigenvalue weighted by atomic mass is 10.2. The number of hydrogen-bond donors (Lipinski definition) is 0. The van der Waals surface area contributed by atoms with E-state index in [0.29, 0.717) is 36.2 Å². The third-order valence-electron chi connectivity index (χ3n) is 5.55. The minimum atomic E-state index is 0.0625. The molecule has 31 heavy (non-hydrogen) atoms. The lowest BCUT2D eigenvalue weighted by Crippen LogP contribution is -2.49. The minimum absolute atomic E-state index is 0.0625. The molecule has 0 aliphatic carbocycles. The van der Waals surface area contributed by atoms with Gasteiger partial charge in [0.1, 0.15) is 17.9 Å². The normalized spacial score (nSPS) is 14.4. The van der Waals surface area contributed by atoms with Gasteiger partial charge >= 0.3 is 0 Å².